The summed E-state index contributed by atoms with van der Waals surface area (Å²) in [5.74, 6) is 0.291. The minimum atomic E-state index is -0.447. The van der Waals surface area contributed by atoms with Crippen LogP contribution >= 0.6 is 11.3 Å². The zero-order valence-corrected chi connectivity index (χ0v) is 21.8. The summed E-state index contributed by atoms with van der Waals surface area (Å²) in [5.41, 5.74) is 4.31. The number of nitrogens with one attached hydrogen (secondary N) is 2. The molecule has 2 aliphatic heterocycles. The Morgan fingerprint density at radius 1 is 1.14 bits per heavy atom. The second-order valence-corrected chi connectivity index (χ2v) is 10.6. The number of hydrogen-bond donors (Lipinski definition) is 2. The summed E-state index contributed by atoms with van der Waals surface area (Å²) in [4.78, 5) is 29.5. The van der Waals surface area contributed by atoms with Crippen LogP contribution < -0.4 is 20.1 Å². The van der Waals surface area contributed by atoms with Crippen LogP contribution in [0.1, 0.15) is 69.2 Å². The number of nitrogens with zero attached hydrogens (tertiary/aromatic N) is 1. The number of esters is 1. The van der Waals surface area contributed by atoms with E-state index in [2.05, 4.69) is 29.4 Å². The van der Waals surface area contributed by atoms with E-state index in [1.54, 1.807) is 29.5 Å². The van der Waals surface area contributed by atoms with E-state index in [0.29, 0.717) is 29.7 Å². The summed E-state index contributed by atoms with van der Waals surface area (Å²) in [5, 5.41) is 7.52. The molecule has 8 heteroatoms. The van der Waals surface area contributed by atoms with Crippen LogP contribution in [0.2, 0.25) is 0 Å². The molecule has 1 aromatic heterocycles. The summed E-state index contributed by atoms with van der Waals surface area (Å²) in [6.07, 6.45) is 0.474. The van der Waals surface area contributed by atoms with Gasteiger partial charge in [-0.3, -0.25) is 9.69 Å². The molecule has 0 radical (unpaired) electrons. The van der Waals surface area contributed by atoms with Crippen molar-refractivity contribution in [1.82, 2.24) is 10.2 Å². The van der Waals surface area contributed by atoms with Gasteiger partial charge < -0.3 is 20.1 Å². The number of thiophene rings is 1. The van der Waals surface area contributed by atoms with Crippen LogP contribution in [0.15, 0.2) is 42.5 Å². The van der Waals surface area contributed by atoms with Gasteiger partial charge in [-0.05, 0) is 69.5 Å². The summed E-state index contributed by atoms with van der Waals surface area (Å²) in [7, 11) is 0. The number of ether oxygens (including phenoxy) is 2. The van der Waals surface area contributed by atoms with Gasteiger partial charge in [-0.2, -0.15) is 0 Å². The molecule has 2 N–H and O–H groups in total. The van der Waals surface area contributed by atoms with Crippen LogP contribution in [0.3, 0.4) is 0 Å². The summed E-state index contributed by atoms with van der Waals surface area (Å²) in [6, 6.07) is 13.1. The molecule has 0 spiro atoms. The molecule has 0 bridgehead atoms. The van der Waals surface area contributed by atoms with Crippen LogP contribution in [-0.4, -0.2) is 36.0 Å². The van der Waals surface area contributed by atoms with E-state index in [9.17, 15) is 9.59 Å². The Morgan fingerprint density at radius 3 is 2.64 bits per heavy atom. The molecular weight excluding hydrogens is 474 g/mol. The van der Waals surface area contributed by atoms with E-state index >= 15 is 0 Å². The average Bonchev–Trinajstić information content (AvgIpc) is 3.23. The number of fused-ring (bicyclic) bond motifs is 3. The molecule has 5 rings (SSSR count). The third kappa shape index (κ3) is 4.70. The maximum absolute atomic E-state index is 13.2. The molecule has 0 unspecified atom stereocenters. The fraction of sp³-hybridized carbons (Fsp3) is 0.357. The smallest absolute Gasteiger partial charge is 0.343 e. The van der Waals surface area contributed by atoms with E-state index in [4.69, 9.17) is 9.47 Å². The van der Waals surface area contributed by atoms with Crippen molar-refractivity contribution in [3.8, 4) is 11.5 Å². The molecule has 2 aliphatic rings. The van der Waals surface area contributed by atoms with Crippen molar-refractivity contribution in [3.63, 3.8) is 0 Å². The SMILES string of the molecule is CCOc1cc([C@@H]2NC(=O)c3c(sc4c3CCN(C(C)C)C4)N2)ccc1OC(=O)c1ccc(C)cc1. The normalized spacial score (nSPS) is 17.1. The third-order valence-electron chi connectivity index (χ3n) is 6.69. The van der Waals surface area contributed by atoms with Crippen LogP contribution in [0, 0.1) is 6.92 Å². The zero-order chi connectivity index (χ0) is 25.4. The molecule has 0 aliphatic carbocycles. The number of anilines is 1. The van der Waals surface area contributed by atoms with Gasteiger partial charge in [0.2, 0.25) is 0 Å². The van der Waals surface area contributed by atoms with E-state index in [1.807, 2.05) is 38.1 Å². The van der Waals surface area contributed by atoms with Crippen molar-refractivity contribution in [2.45, 2.75) is 52.9 Å². The summed E-state index contributed by atoms with van der Waals surface area (Å²) in [6.45, 7) is 10.5. The molecule has 0 saturated heterocycles. The standard InChI is InChI=1S/C28H31N3O4S/c1-5-34-22-14-19(10-11-21(22)35-28(33)18-8-6-17(4)7-9-18)25-29-26(32)24-20-12-13-31(16(2)3)15-23(20)36-27(24)30-25/h6-11,14,16,25,30H,5,12-13,15H2,1-4H3,(H,29,32)/t25-/m1/s1. The Bertz CT molecular complexity index is 1300. The quantitative estimate of drug-likeness (QED) is 0.350. The maximum atomic E-state index is 13.2. The van der Waals surface area contributed by atoms with Gasteiger partial charge in [0.1, 0.15) is 11.2 Å². The van der Waals surface area contributed by atoms with Crippen LogP contribution in [0.4, 0.5) is 5.00 Å². The third-order valence-corrected chi connectivity index (χ3v) is 7.83. The average molecular weight is 506 g/mol. The van der Waals surface area contributed by atoms with Crippen molar-refractivity contribution in [3.05, 3.63) is 75.2 Å². The van der Waals surface area contributed by atoms with Crippen molar-refractivity contribution < 1.29 is 19.1 Å². The molecular formula is C28H31N3O4S. The lowest BCUT2D eigenvalue weighted by molar-refractivity contribution is 0.0728. The highest BCUT2D eigenvalue weighted by molar-refractivity contribution is 7.16. The fourth-order valence-corrected chi connectivity index (χ4v) is 5.95. The molecule has 36 heavy (non-hydrogen) atoms. The molecule has 2 aromatic carbocycles. The van der Waals surface area contributed by atoms with Crippen molar-refractivity contribution in [1.29, 1.82) is 0 Å². The van der Waals surface area contributed by atoms with Crippen LogP contribution in [0.25, 0.3) is 0 Å². The van der Waals surface area contributed by atoms with E-state index in [0.717, 1.165) is 41.2 Å². The maximum Gasteiger partial charge on any atom is 0.343 e. The largest absolute Gasteiger partial charge is 0.490 e. The first kappa shape index (κ1) is 24.3. The lowest BCUT2D eigenvalue weighted by Gasteiger charge is -2.31. The number of hydrogen-bond acceptors (Lipinski definition) is 7. The van der Waals surface area contributed by atoms with Crippen molar-refractivity contribution in [2.75, 3.05) is 18.5 Å². The van der Waals surface area contributed by atoms with Gasteiger partial charge in [0.25, 0.3) is 5.91 Å². The van der Waals surface area contributed by atoms with Crippen LogP contribution in [-0.2, 0) is 13.0 Å². The molecule has 3 heterocycles. The lowest BCUT2D eigenvalue weighted by atomic mass is 9.99. The van der Waals surface area contributed by atoms with E-state index in [-0.39, 0.29) is 5.91 Å². The second kappa shape index (κ2) is 9.95. The minimum absolute atomic E-state index is 0.0583. The second-order valence-electron chi connectivity index (χ2n) is 9.47. The summed E-state index contributed by atoms with van der Waals surface area (Å²) < 4.78 is 11.5. The number of aryl methyl sites for hydroxylation is 1. The minimum Gasteiger partial charge on any atom is -0.490 e. The van der Waals surface area contributed by atoms with E-state index < -0.39 is 12.1 Å². The summed E-state index contributed by atoms with van der Waals surface area (Å²) >= 11 is 1.67. The highest BCUT2D eigenvalue weighted by Gasteiger charge is 2.34. The van der Waals surface area contributed by atoms with Gasteiger partial charge in [0.15, 0.2) is 11.5 Å². The van der Waals surface area contributed by atoms with Crippen molar-refractivity contribution >= 4 is 28.2 Å². The van der Waals surface area contributed by atoms with Gasteiger partial charge in [-0.25, -0.2) is 4.79 Å². The highest BCUT2D eigenvalue weighted by Crippen LogP contribution is 2.42. The first-order valence-corrected chi connectivity index (χ1v) is 13.2. The molecule has 3 aromatic rings. The fourth-order valence-electron chi connectivity index (χ4n) is 4.65. The topological polar surface area (TPSA) is 79.9 Å². The monoisotopic (exact) mass is 505 g/mol. The van der Waals surface area contributed by atoms with Gasteiger partial charge >= 0.3 is 5.97 Å². The molecule has 1 amide bonds. The van der Waals surface area contributed by atoms with Gasteiger partial charge in [-0.15, -0.1) is 11.3 Å². The zero-order valence-electron chi connectivity index (χ0n) is 21.0. The Labute approximate surface area is 215 Å². The first-order chi connectivity index (χ1) is 17.3. The highest BCUT2D eigenvalue weighted by atomic mass is 32.1. The van der Waals surface area contributed by atoms with Crippen molar-refractivity contribution in [2.24, 2.45) is 0 Å². The molecule has 0 saturated carbocycles. The Kier molecular flexibility index (Phi) is 6.73. The lowest BCUT2D eigenvalue weighted by Crippen LogP contribution is -2.39. The Morgan fingerprint density at radius 2 is 1.92 bits per heavy atom. The molecule has 188 valence electrons. The van der Waals surface area contributed by atoms with Gasteiger partial charge in [0, 0.05) is 24.0 Å². The number of rotatable bonds is 6. The Balaban J connectivity index is 1.38. The first-order valence-electron chi connectivity index (χ1n) is 12.4. The number of amides is 1. The van der Waals surface area contributed by atoms with Gasteiger partial charge in [0.05, 0.1) is 17.7 Å². The molecule has 1 atom stereocenters. The number of carbonyl (C=O) groups excluding carboxylic acids is 2. The van der Waals surface area contributed by atoms with Crippen LogP contribution in [0.5, 0.6) is 11.5 Å². The number of carbonyl (C=O) groups is 2. The van der Waals surface area contributed by atoms with E-state index in [1.165, 1.54) is 10.4 Å². The predicted octanol–water partition coefficient (Wildman–Crippen LogP) is 5.30. The predicted molar refractivity (Wildman–Crippen MR) is 141 cm³/mol. The molecule has 0 fully saturated rings. The molecule has 7 nitrogen and oxygen atoms in total. The van der Waals surface area contributed by atoms with Gasteiger partial charge in [-0.1, -0.05) is 23.8 Å². The number of benzene rings is 2. The Hall–Kier alpha value is -3.36.